The number of carbonyl (C=O) groups is 1. The van der Waals surface area contributed by atoms with Gasteiger partial charge in [-0.25, -0.2) is 5.43 Å². The van der Waals surface area contributed by atoms with Crippen LogP contribution in [0.25, 0.3) is 0 Å². The predicted molar refractivity (Wildman–Crippen MR) is 101 cm³/mol. The lowest BCUT2D eigenvalue weighted by Gasteiger charge is -2.09. The van der Waals surface area contributed by atoms with Gasteiger partial charge in [-0.15, -0.1) is 0 Å². The topological polar surface area (TPSA) is 61.7 Å². The summed E-state index contributed by atoms with van der Waals surface area (Å²) < 4.78 is 0. The van der Waals surface area contributed by atoms with Crippen LogP contribution in [0.1, 0.15) is 63.9 Å². The largest absolute Gasteiger partial charge is 0.393 e. The van der Waals surface area contributed by atoms with Crippen LogP contribution in [-0.2, 0) is 4.79 Å². The Kier molecular flexibility index (Phi) is 10.7. The fourth-order valence-electron chi connectivity index (χ4n) is 2.26. The first-order valence-electron chi connectivity index (χ1n) is 8.48. The molecule has 1 unspecified atom stereocenters. The highest BCUT2D eigenvalue weighted by atomic mass is 35.5. The zero-order valence-electron chi connectivity index (χ0n) is 14.1. The number of unbranched alkanes of at least 4 members (excludes halogenated alkanes) is 4. The molecule has 0 spiro atoms. The lowest BCUT2D eigenvalue weighted by atomic mass is 10.0. The summed E-state index contributed by atoms with van der Waals surface area (Å²) >= 11 is 11.8. The highest BCUT2D eigenvalue weighted by Crippen LogP contribution is 2.19. The number of nitrogens with zero attached hydrogens (tertiary/aromatic N) is 1. The van der Waals surface area contributed by atoms with E-state index in [0.717, 1.165) is 19.3 Å². The van der Waals surface area contributed by atoms with E-state index in [1.165, 1.54) is 25.5 Å². The molecule has 0 aromatic heterocycles. The van der Waals surface area contributed by atoms with E-state index < -0.39 is 6.10 Å². The molecule has 1 rings (SSSR count). The summed E-state index contributed by atoms with van der Waals surface area (Å²) in [5.41, 5.74) is 3.11. The summed E-state index contributed by atoms with van der Waals surface area (Å²) in [5, 5.41) is 14.8. The van der Waals surface area contributed by atoms with Gasteiger partial charge in [-0.05, 0) is 25.0 Å². The van der Waals surface area contributed by atoms with Crippen molar-refractivity contribution in [1.29, 1.82) is 0 Å². The Morgan fingerprint density at radius 2 is 2.00 bits per heavy atom. The Hall–Kier alpha value is -1.10. The molecule has 6 heteroatoms. The fourth-order valence-corrected chi connectivity index (χ4v) is 2.72. The molecule has 134 valence electrons. The third kappa shape index (κ3) is 9.26. The number of rotatable bonds is 11. The quantitative estimate of drug-likeness (QED) is 0.328. The van der Waals surface area contributed by atoms with Crippen LogP contribution in [0.4, 0.5) is 0 Å². The maximum Gasteiger partial charge on any atom is 0.240 e. The third-order valence-corrected chi connectivity index (χ3v) is 4.26. The Balaban J connectivity index is 2.20. The van der Waals surface area contributed by atoms with E-state index >= 15 is 0 Å². The minimum absolute atomic E-state index is 0.221. The van der Waals surface area contributed by atoms with Gasteiger partial charge in [0.05, 0.1) is 17.3 Å². The Morgan fingerprint density at radius 3 is 2.71 bits per heavy atom. The van der Waals surface area contributed by atoms with E-state index in [9.17, 15) is 9.90 Å². The number of carbonyl (C=O) groups excluding carboxylic acids is 1. The van der Waals surface area contributed by atoms with Crippen LogP contribution in [0.2, 0.25) is 10.0 Å². The van der Waals surface area contributed by atoms with Gasteiger partial charge in [-0.2, -0.15) is 5.10 Å². The van der Waals surface area contributed by atoms with E-state index in [4.69, 9.17) is 23.2 Å². The van der Waals surface area contributed by atoms with Crippen LogP contribution in [0.3, 0.4) is 0 Å². The summed E-state index contributed by atoms with van der Waals surface area (Å²) in [7, 11) is 0. The first kappa shape index (κ1) is 20.9. The lowest BCUT2D eigenvalue weighted by Crippen LogP contribution is -2.19. The SMILES string of the molecule is CCCCCCCC(O)CCC(=O)N/N=C/c1ccc(Cl)cc1Cl. The highest BCUT2D eigenvalue weighted by Gasteiger charge is 2.07. The molecule has 1 aromatic carbocycles. The number of nitrogens with one attached hydrogen (secondary N) is 1. The average molecular weight is 373 g/mol. The molecule has 0 saturated carbocycles. The molecule has 0 saturated heterocycles. The second kappa shape index (κ2) is 12.3. The molecule has 0 bridgehead atoms. The van der Waals surface area contributed by atoms with Gasteiger partial charge in [-0.1, -0.05) is 68.3 Å². The molecular weight excluding hydrogens is 347 g/mol. The molecule has 2 N–H and O–H groups in total. The first-order valence-corrected chi connectivity index (χ1v) is 9.23. The smallest absolute Gasteiger partial charge is 0.240 e. The maximum absolute atomic E-state index is 11.7. The summed E-state index contributed by atoms with van der Waals surface area (Å²) in [4.78, 5) is 11.7. The van der Waals surface area contributed by atoms with E-state index in [2.05, 4.69) is 17.5 Å². The van der Waals surface area contributed by atoms with Gasteiger partial charge in [0.15, 0.2) is 0 Å². The van der Waals surface area contributed by atoms with Crippen molar-refractivity contribution in [1.82, 2.24) is 5.43 Å². The van der Waals surface area contributed by atoms with Crippen molar-refractivity contribution in [3.05, 3.63) is 33.8 Å². The predicted octanol–water partition coefficient (Wildman–Crippen LogP) is 4.95. The summed E-state index contributed by atoms with van der Waals surface area (Å²) in [6, 6.07) is 5.04. The number of amides is 1. The monoisotopic (exact) mass is 372 g/mol. The number of halogens is 2. The number of hydrazone groups is 1. The normalized spacial score (nSPS) is 12.5. The van der Waals surface area contributed by atoms with Crippen molar-refractivity contribution >= 4 is 35.3 Å². The molecule has 0 aliphatic heterocycles. The van der Waals surface area contributed by atoms with Crippen molar-refractivity contribution in [2.75, 3.05) is 0 Å². The van der Waals surface area contributed by atoms with Crippen molar-refractivity contribution < 1.29 is 9.90 Å². The van der Waals surface area contributed by atoms with Crippen molar-refractivity contribution in [2.45, 2.75) is 64.4 Å². The zero-order chi connectivity index (χ0) is 17.8. The van der Waals surface area contributed by atoms with Crippen LogP contribution >= 0.6 is 23.2 Å². The van der Waals surface area contributed by atoms with Crippen LogP contribution in [0.5, 0.6) is 0 Å². The van der Waals surface area contributed by atoms with E-state index in [-0.39, 0.29) is 12.3 Å². The summed E-state index contributed by atoms with van der Waals surface area (Å²) in [6.45, 7) is 2.18. The first-order chi connectivity index (χ1) is 11.5. The molecule has 1 amide bonds. The van der Waals surface area contributed by atoms with E-state index in [1.54, 1.807) is 18.2 Å². The molecule has 0 heterocycles. The second-order valence-electron chi connectivity index (χ2n) is 5.85. The third-order valence-electron chi connectivity index (χ3n) is 3.70. The van der Waals surface area contributed by atoms with Gasteiger partial charge in [0.1, 0.15) is 0 Å². The molecule has 0 radical (unpaired) electrons. The van der Waals surface area contributed by atoms with Gasteiger partial charge in [0.25, 0.3) is 0 Å². The Labute approximate surface area is 154 Å². The second-order valence-corrected chi connectivity index (χ2v) is 6.70. The van der Waals surface area contributed by atoms with Gasteiger partial charge in [0.2, 0.25) is 5.91 Å². The van der Waals surface area contributed by atoms with Crippen LogP contribution in [0, 0.1) is 0 Å². The standard InChI is InChI=1S/C18H26Cl2N2O2/c1-2-3-4-5-6-7-16(23)10-11-18(24)22-21-13-14-8-9-15(19)12-17(14)20/h8-9,12-13,16,23H,2-7,10-11H2,1H3,(H,22,24)/b21-13+. The van der Waals surface area contributed by atoms with Crippen molar-refractivity contribution in [2.24, 2.45) is 5.10 Å². The Bertz CT molecular complexity index is 536. The summed E-state index contributed by atoms with van der Waals surface area (Å²) in [6.07, 6.45) is 8.33. The van der Waals surface area contributed by atoms with Crippen LogP contribution in [-0.4, -0.2) is 23.3 Å². The zero-order valence-corrected chi connectivity index (χ0v) is 15.6. The molecule has 0 aliphatic carbocycles. The van der Waals surface area contributed by atoms with E-state index in [0.29, 0.717) is 22.0 Å². The number of hydrogen-bond donors (Lipinski definition) is 2. The minimum atomic E-state index is -0.424. The molecule has 1 atom stereocenters. The van der Waals surface area contributed by atoms with Gasteiger partial charge in [-0.3, -0.25) is 4.79 Å². The summed E-state index contributed by atoms with van der Waals surface area (Å²) in [5.74, 6) is -0.221. The van der Waals surface area contributed by atoms with Crippen LogP contribution in [0.15, 0.2) is 23.3 Å². The van der Waals surface area contributed by atoms with Crippen molar-refractivity contribution in [3.8, 4) is 0 Å². The fraction of sp³-hybridized carbons (Fsp3) is 0.556. The average Bonchev–Trinajstić information content (AvgIpc) is 2.55. The molecule has 0 aliphatic rings. The van der Waals surface area contributed by atoms with Gasteiger partial charge in [0, 0.05) is 17.0 Å². The molecule has 1 aromatic rings. The molecular formula is C18H26Cl2N2O2. The number of hydrogen-bond acceptors (Lipinski definition) is 3. The molecule has 4 nitrogen and oxygen atoms in total. The molecule has 24 heavy (non-hydrogen) atoms. The van der Waals surface area contributed by atoms with Gasteiger partial charge < -0.3 is 5.11 Å². The highest BCUT2D eigenvalue weighted by molar-refractivity contribution is 6.36. The number of benzene rings is 1. The maximum atomic E-state index is 11.7. The number of aliphatic hydroxyl groups is 1. The lowest BCUT2D eigenvalue weighted by molar-refractivity contribution is -0.121. The van der Waals surface area contributed by atoms with Crippen molar-refractivity contribution in [3.63, 3.8) is 0 Å². The Morgan fingerprint density at radius 1 is 1.25 bits per heavy atom. The van der Waals surface area contributed by atoms with Crippen LogP contribution < -0.4 is 5.43 Å². The number of aliphatic hydroxyl groups excluding tert-OH is 1. The van der Waals surface area contributed by atoms with Gasteiger partial charge >= 0.3 is 0 Å². The minimum Gasteiger partial charge on any atom is -0.393 e. The van der Waals surface area contributed by atoms with E-state index in [1.807, 2.05) is 0 Å². The molecule has 0 fully saturated rings.